The van der Waals surface area contributed by atoms with E-state index in [1.54, 1.807) is 12.3 Å². The number of primary amides is 2. The van der Waals surface area contributed by atoms with Crippen molar-refractivity contribution < 1.29 is 19.2 Å². The highest BCUT2D eigenvalue weighted by atomic mass is 16.7. The average Bonchev–Trinajstić information content (AvgIpc) is 3.29. The molecule has 11 heteroatoms. The van der Waals surface area contributed by atoms with E-state index in [0.29, 0.717) is 50.5 Å². The molecule has 2 fully saturated rings. The Bertz CT molecular complexity index is 1010. The van der Waals surface area contributed by atoms with Crippen molar-refractivity contribution in [3.05, 3.63) is 47.5 Å². The van der Waals surface area contributed by atoms with Crippen molar-refractivity contribution in [3.63, 3.8) is 0 Å². The molecule has 4 heterocycles. The molecule has 31 heavy (non-hydrogen) atoms. The normalized spacial score (nSPS) is 19.4. The monoisotopic (exact) mass is 425 g/mol. The van der Waals surface area contributed by atoms with Gasteiger partial charge in [-0.05, 0) is 30.5 Å². The maximum absolute atomic E-state index is 13.2. The van der Waals surface area contributed by atoms with Crippen molar-refractivity contribution in [2.24, 2.45) is 17.4 Å². The Morgan fingerprint density at radius 2 is 1.84 bits per heavy atom. The van der Waals surface area contributed by atoms with E-state index in [1.165, 1.54) is 23.5 Å². The van der Waals surface area contributed by atoms with Gasteiger partial charge in [-0.15, -0.1) is 0 Å². The Morgan fingerprint density at radius 3 is 2.55 bits per heavy atom. The number of aromatic nitrogens is 3. The number of carbonyl (C=O) groups excluding carboxylic acids is 3. The van der Waals surface area contributed by atoms with Gasteiger partial charge in [-0.3, -0.25) is 24.2 Å². The van der Waals surface area contributed by atoms with Crippen LogP contribution >= 0.6 is 0 Å². The number of nitrogens with two attached hydrogens (primary N) is 2. The quantitative estimate of drug-likeness (QED) is 0.687. The van der Waals surface area contributed by atoms with Crippen LogP contribution in [0.2, 0.25) is 0 Å². The van der Waals surface area contributed by atoms with Crippen LogP contribution in [0.3, 0.4) is 0 Å². The number of rotatable bonds is 5. The minimum Gasteiger partial charge on any atom is -0.366 e. The predicted octanol–water partition coefficient (Wildman–Crippen LogP) is 0.191. The molecule has 3 amide bonds. The largest absolute Gasteiger partial charge is 0.366 e. The number of hydroxylamine groups is 2. The fraction of sp³-hybridized carbons (Fsp3) is 0.400. The van der Waals surface area contributed by atoms with Gasteiger partial charge in [0, 0.05) is 44.0 Å². The first-order chi connectivity index (χ1) is 14.9. The summed E-state index contributed by atoms with van der Waals surface area (Å²) in [6.45, 7) is 1.54. The molecule has 4 rings (SSSR count). The van der Waals surface area contributed by atoms with Crippen LogP contribution in [-0.2, 0) is 9.63 Å². The summed E-state index contributed by atoms with van der Waals surface area (Å²) in [7, 11) is 0. The summed E-state index contributed by atoms with van der Waals surface area (Å²) >= 11 is 0. The summed E-state index contributed by atoms with van der Waals surface area (Å²) in [5, 5.41) is 1.41. The molecule has 0 aromatic carbocycles. The van der Waals surface area contributed by atoms with Gasteiger partial charge in [-0.1, -0.05) is 0 Å². The molecular formula is C20H23N7O4. The van der Waals surface area contributed by atoms with Crippen molar-refractivity contribution >= 4 is 23.7 Å². The van der Waals surface area contributed by atoms with Crippen LogP contribution in [0.5, 0.6) is 0 Å². The number of hydrogen-bond acceptors (Lipinski definition) is 8. The molecule has 2 aromatic rings. The Kier molecular flexibility index (Phi) is 5.76. The van der Waals surface area contributed by atoms with Gasteiger partial charge in [0.15, 0.2) is 0 Å². The van der Waals surface area contributed by atoms with Gasteiger partial charge in [0.1, 0.15) is 5.69 Å². The maximum Gasteiger partial charge on any atom is 0.267 e. The van der Waals surface area contributed by atoms with Gasteiger partial charge in [-0.25, -0.2) is 15.0 Å². The highest BCUT2D eigenvalue weighted by Gasteiger charge is 2.37. The van der Waals surface area contributed by atoms with Crippen LogP contribution < -0.4 is 16.4 Å². The third kappa shape index (κ3) is 4.31. The van der Waals surface area contributed by atoms with Gasteiger partial charge in [-0.2, -0.15) is 0 Å². The van der Waals surface area contributed by atoms with Crippen molar-refractivity contribution in [2.75, 3.05) is 24.6 Å². The molecule has 162 valence electrons. The van der Waals surface area contributed by atoms with Crippen LogP contribution in [0.1, 0.15) is 51.7 Å². The molecule has 2 aromatic heterocycles. The summed E-state index contributed by atoms with van der Waals surface area (Å²) in [5.41, 5.74) is 11.8. The molecule has 11 nitrogen and oxygen atoms in total. The van der Waals surface area contributed by atoms with E-state index in [1.807, 2.05) is 4.90 Å². The van der Waals surface area contributed by atoms with Crippen molar-refractivity contribution in [2.45, 2.75) is 25.3 Å². The minimum absolute atomic E-state index is 0.0987. The molecule has 2 aliphatic rings. The molecule has 2 aliphatic heterocycles. The number of hydrogen-bond donors (Lipinski definition) is 2. The molecular weight excluding hydrogens is 402 g/mol. The summed E-state index contributed by atoms with van der Waals surface area (Å²) in [6, 6.07) is 2.81. The molecule has 1 unspecified atom stereocenters. The average molecular weight is 425 g/mol. The van der Waals surface area contributed by atoms with E-state index in [4.69, 9.17) is 16.3 Å². The first-order valence-electron chi connectivity index (χ1n) is 10.0. The number of amides is 3. The third-order valence-electron chi connectivity index (χ3n) is 5.57. The zero-order valence-corrected chi connectivity index (χ0v) is 16.8. The SMILES string of the molecule is NC(=O)c1cncc(C2CCON2C(=O)C2CCN(c3nccc(C(N)=O)n3)CC2)c1. The summed E-state index contributed by atoms with van der Waals surface area (Å²) in [5.74, 6) is -1.07. The number of carbonyl (C=O) groups is 3. The second-order valence-electron chi connectivity index (χ2n) is 7.54. The molecule has 1 atom stereocenters. The fourth-order valence-electron chi connectivity index (χ4n) is 3.91. The van der Waals surface area contributed by atoms with Crippen LogP contribution in [0.15, 0.2) is 30.7 Å². The number of piperidine rings is 1. The molecule has 0 aliphatic carbocycles. The maximum atomic E-state index is 13.2. The van der Waals surface area contributed by atoms with E-state index in [2.05, 4.69) is 15.0 Å². The van der Waals surface area contributed by atoms with Gasteiger partial charge in [0.25, 0.3) is 5.91 Å². The first-order valence-corrected chi connectivity index (χ1v) is 10.0. The Morgan fingerprint density at radius 1 is 1.06 bits per heavy atom. The van der Waals surface area contributed by atoms with Crippen LogP contribution in [-0.4, -0.2) is 57.4 Å². The van der Waals surface area contributed by atoms with Gasteiger partial charge >= 0.3 is 0 Å². The highest BCUT2D eigenvalue weighted by molar-refractivity contribution is 5.92. The standard InChI is InChI=1S/C20H23N7O4/c21-17(28)14-9-13(10-23-11-14)16-4-8-31-27(16)19(30)12-2-6-26(7-3-12)20-24-5-1-15(25-20)18(22)29/h1,5,9-12,16H,2-4,6-8H2,(H2,21,28)(H2,22,29). The summed E-state index contributed by atoms with van der Waals surface area (Å²) < 4.78 is 0. The van der Waals surface area contributed by atoms with E-state index in [-0.39, 0.29) is 23.6 Å². The Hall–Kier alpha value is -3.60. The lowest BCUT2D eigenvalue weighted by molar-refractivity contribution is -0.182. The summed E-state index contributed by atoms with van der Waals surface area (Å²) in [4.78, 5) is 56.0. The number of pyridine rings is 1. The van der Waals surface area contributed by atoms with E-state index >= 15 is 0 Å². The zero-order chi connectivity index (χ0) is 22.0. The van der Waals surface area contributed by atoms with Crippen molar-refractivity contribution in [1.29, 1.82) is 0 Å². The minimum atomic E-state index is -0.610. The van der Waals surface area contributed by atoms with Gasteiger partial charge < -0.3 is 16.4 Å². The van der Waals surface area contributed by atoms with Crippen LogP contribution in [0.25, 0.3) is 0 Å². The first kappa shape index (κ1) is 20.7. The van der Waals surface area contributed by atoms with Gasteiger partial charge in [0.2, 0.25) is 17.8 Å². The van der Waals surface area contributed by atoms with E-state index in [0.717, 1.165) is 5.56 Å². The lowest BCUT2D eigenvalue weighted by atomic mass is 9.94. The van der Waals surface area contributed by atoms with Crippen LogP contribution in [0.4, 0.5) is 5.95 Å². The summed E-state index contributed by atoms with van der Waals surface area (Å²) in [6.07, 6.45) is 6.32. The lowest BCUT2D eigenvalue weighted by Gasteiger charge is -2.34. The molecule has 0 spiro atoms. The number of nitrogens with zero attached hydrogens (tertiary/aromatic N) is 5. The van der Waals surface area contributed by atoms with Crippen molar-refractivity contribution in [1.82, 2.24) is 20.0 Å². The van der Waals surface area contributed by atoms with Crippen LogP contribution in [0, 0.1) is 5.92 Å². The predicted molar refractivity (Wildman–Crippen MR) is 108 cm³/mol. The molecule has 2 saturated heterocycles. The van der Waals surface area contributed by atoms with Gasteiger partial charge in [0.05, 0.1) is 18.2 Å². The second kappa shape index (κ2) is 8.64. The Balaban J connectivity index is 1.42. The number of anilines is 1. The van der Waals surface area contributed by atoms with Crippen molar-refractivity contribution in [3.8, 4) is 0 Å². The molecule has 0 radical (unpaired) electrons. The fourth-order valence-corrected chi connectivity index (χ4v) is 3.91. The Labute approximate surface area is 178 Å². The second-order valence-corrected chi connectivity index (χ2v) is 7.54. The smallest absolute Gasteiger partial charge is 0.267 e. The van der Waals surface area contributed by atoms with E-state index in [9.17, 15) is 14.4 Å². The van der Waals surface area contributed by atoms with E-state index < -0.39 is 11.8 Å². The molecule has 0 bridgehead atoms. The third-order valence-corrected chi connectivity index (χ3v) is 5.57. The molecule has 4 N–H and O–H groups in total. The highest BCUT2D eigenvalue weighted by Crippen LogP contribution is 2.33. The topological polar surface area (TPSA) is 158 Å². The molecule has 0 saturated carbocycles. The zero-order valence-electron chi connectivity index (χ0n) is 16.8. The lowest BCUT2D eigenvalue weighted by Crippen LogP contribution is -2.42.